The Kier molecular flexibility index (Phi) is 2.97. The van der Waals surface area contributed by atoms with Crippen molar-refractivity contribution in [2.24, 2.45) is 0 Å². The largest absolute Gasteiger partial charge is 0.466 e. The van der Waals surface area contributed by atoms with Crippen LogP contribution in [0.1, 0.15) is 25.3 Å². The second-order valence-corrected chi connectivity index (χ2v) is 2.69. The first kappa shape index (κ1) is 8.91. The smallest absolute Gasteiger partial charge is 0.300 e. The van der Waals surface area contributed by atoms with Gasteiger partial charge in [0.25, 0.3) is 5.97 Å². The summed E-state index contributed by atoms with van der Waals surface area (Å²) in [6.07, 6.45) is 0. The molecule has 1 atom stereocenters. The Morgan fingerprint density at radius 1 is 1.75 bits per heavy atom. The van der Waals surface area contributed by atoms with Crippen molar-refractivity contribution in [2.75, 3.05) is 6.61 Å². The van der Waals surface area contributed by atoms with E-state index in [-0.39, 0.29) is 11.9 Å². The highest BCUT2D eigenvalue weighted by Crippen LogP contribution is 2.16. The molecule has 2 nitrogen and oxygen atoms in total. The van der Waals surface area contributed by atoms with Crippen LogP contribution in [0.15, 0.2) is 24.3 Å². The number of hydrogen-bond donors (Lipinski definition) is 0. The molecule has 2 heteroatoms. The summed E-state index contributed by atoms with van der Waals surface area (Å²) in [6, 6.07) is 7.71. The van der Waals surface area contributed by atoms with E-state index in [4.69, 9.17) is 4.74 Å². The van der Waals surface area contributed by atoms with Crippen molar-refractivity contribution in [3.8, 4) is 0 Å². The van der Waals surface area contributed by atoms with Gasteiger partial charge >= 0.3 is 0 Å². The topological polar surface area (TPSA) is 26.3 Å². The van der Waals surface area contributed by atoms with Crippen LogP contribution >= 0.6 is 0 Å². The van der Waals surface area contributed by atoms with E-state index < -0.39 is 0 Å². The van der Waals surface area contributed by atoms with E-state index in [1.54, 1.807) is 0 Å². The number of carbonyl (C=O) groups is 1. The summed E-state index contributed by atoms with van der Waals surface area (Å²) in [5.74, 6) is -0.288. The van der Waals surface area contributed by atoms with Crippen LogP contribution < -0.4 is 0 Å². The van der Waals surface area contributed by atoms with E-state index >= 15 is 0 Å². The van der Waals surface area contributed by atoms with Gasteiger partial charge in [-0.1, -0.05) is 6.92 Å². The van der Waals surface area contributed by atoms with Gasteiger partial charge in [-0.05, 0) is 6.92 Å². The van der Waals surface area contributed by atoms with Crippen LogP contribution in [-0.2, 0) is 9.53 Å². The van der Waals surface area contributed by atoms with Gasteiger partial charge in [-0.3, -0.25) is 4.79 Å². The van der Waals surface area contributed by atoms with Gasteiger partial charge in [0, 0.05) is 5.92 Å². The molecular weight excluding hydrogens is 152 g/mol. The Balaban J connectivity index is 2.59. The molecule has 1 rings (SSSR count). The molecule has 0 aromatic heterocycles. The average Bonchev–Trinajstić information content (AvgIpc) is 2.55. The molecule has 0 aliphatic heterocycles. The molecule has 0 heterocycles. The minimum Gasteiger partial charge on any atom is -0.466 e. The van der Waals surface area contributed by atoms with Gasteiger partial charge in [0.05, 0.1) is 6.61 Å². The van der Waals surface area contributed by atoms with Crippen LogP contribution in [0.2, 0.25) is 0 Å². The minimum atomic E-state index is -0.149. The maximum atomic E-state index is 11.2. The van der Waals surface area contributed by atoms with Gasteiger partial charge in [-0.2, -0.15) is 23.8 Å². The predicted molar refractivity (Wildman–Crippen MR) is 47.1 cm³/mol. The maximum Gasteiger partial charge on any atom is 0.300 e. The number of rotatable bonds is 3. The van der Waals surface area contributed by atoms with Crippen LogP contribution in [0.4, 0.5) is 0 Å². The third-order valence-electron chi connectivity index (χ3n) is 1.83. The lowest BCUT2D eigenvalue weighted by Crippen LogP contribution is -2.12. The fourth-order valence-corrected chi connectivity index (χ4v) is 1.08. The Bertz CT molecular complexity index is 236. The lowest BCUT2D eigenvalue weighted by molar-refractivity contribution is -0.144. The normalized spacial score (nSPS) is 12.5. The highest BCUT2D eigenvalue weighted by atomic mass is 16.5. The van der Waals surface area contributed by atoms with Crippen molar-refractivity contribution in [1.82, 2.24) is 0 Å². The Labute approximate surface area is 72.5 Å². The molecule has 12 heavy (non-hydrogen) atoms. The van der Waals surface area contributed by atoms with Crippen LogP contribution in [0, 0.1) is 0 Å². The van der Waals surface area contributed by atoms with Gasteiger partial charge in [0.1, 0.15) is 0 Å². The van der Waals surface area contributed by atoms with Crippen molar-refractivity contribution in [3.63, 3.8) is 0 Å². The maximum absolute atomic E-state index is 11.2. The van der Waals surface area contributed by atoms with Crippen molar-refractivity contribution in [2.45, 2.75) is 19.8 Å². The molecule has 0 aliphatic rings. The number of ether oxygens (including phenoxy) is 1. The number of esters is 1. The zero-order valence-electron chi connectivity index (χ0n) is 7.41. The highest BCUT2D eigenvalue weighted by Gasteiger charge is 2.09. The van der Waals surface area contributed by atoms with Gasteiger partial charge in [0.2, 0.25) is 0 Å². The van der Waals surface area contributed by atoms with Gasteiger partial charge in [0.15, 0.2) is 0 Å². The van der Waals surface area contributed by atoms with E-state index in [0.717, 1.165) is 5.56 Å². The van der Waals surface area contributed by atoms with Crippen LogP contribution in [0.25, 0.3) is 0 Å². The fraction of sp³-hybridized carbons (Fsp3) is 0.400. The first-order valence-electron chi connectivity index (χ1n) is 4.14. The third kappa shape index (κ3) is 1.91. The minimum absolute atomic E-state index is 0.139. The standard InChI is InChI=1S/C10H13O2/c1-3-12-10(11)8(2)9-6-4-5-7-9/h4-8H,3H2,1-2H3/q-1. The summed E-state index contributed by atoms with van der Waals surface area (Å²) in [5, 5.41) is 0. The zero-order valence-corrected chi connectivity index (χ0v) is 7.41. The van der Waals surface area contributed by atoms with E-state index in [9.17, 15) is 4.79 Å². The Hall–Kier alpha value is -1.18. The summed E-state index contributed by atoms with van der Waals surface area (Å²) >= 11 is 0. The lowest BCUT2D eigenvalue weighted by Gasteiger charge is -2.13. The molecule has 1 aromatic carbocycles. The summed E-state index contributed by atoms with van der Waals surface area (Å²) in [5.41, 5.74) is 1.02. The molecule has 0 spiro atoms. The summed E-state index contributed by atoms with van der Waals surface area (Å²) < 4.78 is 4.89. The highest BCUT2D eigenvalue weighted by molar-refractivity contribution is 5.77. The SMILES string of the molecule is CCOC(=O)C(C)c1cc[cH-]c1. The van der Waals surface area contributed by atoms with Crippen molar-refractivity contribution in [3.05, 3.63) is 29.8 Å². The van der Waals surface area contributed by atoms with Crippen molar-refractivity contribution in [1.29, 1.82) is 0 Å². The Morgan fingerprint density at radius 2 is 2.50 bits per heavy atom. The first-order valence-corrected chi connectivity index (χ1v) is 4.14. The molecule has 0 aliphatic carbocycles. The van der Waals surface area contributed by atoms with Crippen molar-refractivity contribution >= 4 is 5.97 Å². The molecule has 0 saturated carbocycles. The first-order chi connectivity index (χ1) is 5.75. The fourth-order valence-electron chi connectivity index (χ4n) is 1.08. The second-order valence-electron chi connectivity index (χ2n) is 2.69. The average molecular weight is 165 g/mol. The predicted octanol–water partition coefficient (Wildman–Crippen LogP) is 2.07. The van der Waals surface area contributed by atoms with Gasteiger partial charge < -0.3 is 4.74 Å². The quantitative estimate of drug-likeness (QED) is 0.506. The molecule has 0 radical (unpaired) electrons. The molecular formula is C10H13O2-. The van der Waals surface area contributed by atoms with E-state index in [0.29, 0.717) is 6.61 Å². The Morgan fingerprint density at radius 3 is 3.00 bits per heavy atom. The molecule has 1 aromatic rings. The van der Waals surface area contributed by atoms with E-state index in [2.05, 4.69) is 0 Å². The monoisotopic (exact) mass is 165 g/mol. The van der Waals surface area contributed by atoms with Crippen LogP contribution in [0.5, 0.6) is 0 Å². The summed E-state index contributed by atoms with van der Waals surface area (Å²) in [4.78, 5) is 11.2. The molecule has 0 amide bonds. The molecule has 0 fully saturated rings. The molecule has 0 N–H and O–H groups in total. The van der Waals surface area contributed by atoms with Gasteiger partial charge in [-0.25, -0.2) is 6.07 Å². The van der Waals surface area contributed by atoms with E-state index in [1.165, 1.54) is 0 Å². The third-order valence-corrected chi connectivity index (χ3v) is 1.83. The lowest BCUT2D eigenvalue weighted by atomic mass is 10.1. The molecule has 1 unspecified atom stereocenters. The summed E-state index contributed by atoms with van der Waals surface area (Å²) in [7, 11) is 0. The number of carbonyl (C=O) groups excluding carboxylic acids is 1. The van der Waals surface area contributed by atoms with Gasteiger partial charge in [-0.15, -0.1) is 0 Å². The van der Waals surface area contributed by atoms with Crippen LogP contribution in [-0.4, -0.2) is 12.6 Å². The van der Waals surface area contributed by atoms with Crippen LogP contribution in [0.3, 0.4) is 0 Å². The number of hydrogen-bond acceptors (Lipinski definition) is 2. The molecule has 0 bridgehead atoms. The molecule has 0 saturated heterocycles. The zero-order chi connectivity index (χ0) is 8.97. The molecule has 66 valence electrons. The van der Waals surface area contributed by atoms with Crippen molar-refractivity contribution < 1.29 is 9.53 Å². The second kappa shape index (κ2) is 4.00. The van der Waals surface area contributed by atoms with E-state index in [1.807, 2.05) is 38.1 Å². The summed E-state index contributed by atoms with van der Waals surface area (Å²) in [6.45, 7) is 4.12.